The van der Waals surface area contributed by atoms with Gasteiger partial charge >= 0.3 is 0 Å². The van der Waals surface area contributed by atoms with E-state index in [1.807, 2.05) is 19.1 Å². The fourth-order valence-electron chi connectivity index (χ4n) is 2.52. The van der Waals surface area contributed by atoms with Crippen LogP contribution in [0, 0.1) is 6.92 Å². The van der Waals surface area contributed by atoms with Gasteiger partial charge in [-0.25, -0.2) is 0 Å². The van der Waals surface area contributed by atoms with Crippen LogP contribution in [0.25, 0.3) is 11.3 Å². The van der Waals surface area contributed by atoms with Crippen molar-refractivity contribution in [2.45, 2.75) is 6.92 Å². The first-order chi connectivity index (χ1) is 12.5. The number of hydrogen-bond donors (Lipinski definition) is 2. The number of aryl methyl sites for hydroxylation is 1. The van der Waals surface area contributed by atoms with E-state index in [4.69, 9.17) is 21.1 Å². The number of ether oxygens (including phenoxy) is 2. The van der Waals surface area contributed by atoms with Gasteiger partial charge < -0.3 is 14.8 Å². The van der Waals surface area contributed by atoms with Gasteiger partial charge in [-0.3, -0.25) is 9.89 Å². The molecule has 6 nitrogen and oxygen atoms in total. The molecule has 3 aromatic rings. The molecule has 0 radical (unpaired) electrons. The summed E-state index contributed by atoms with van der Waals surface area (Å²) in [4.78, 5) is 12.8. The molecule has 0 spiro atoms. The van der Waals surface area contributed by atoms with Gasteiger partial charge in [0, 0.05) is 22.2 Å². The van der Waals surface area contributed by atoms with Crippen molar-refractivity contribution in [3.63, 3.8) is 0 Å². The van der Waals surface area contributed by atoms with Gasteiger partial charge in [0.05, 0.1) is 25.6 Å². The third-order valence-corrected chi connectivity index (χ3v) is 4.17. The van der Waals surface area contributed by atoms with Crippen LogP contribution in [0.3, 0.4) is 0 Å². The van der Waals surface area contributed by atoms with Gasteiger partial charge in [-0.15, -0.1) is 0 Å². The number of nitrogens with zero attached hydrogens (tertiary/aromatic N) is 1. The summed E-state index contributed by atoms with van der Waals surface area (Å²) in [6.07, 6.45) is 0. The lowest BCUT2D eigenvalue weighted by Gasteiger charge is -2.10. The Balaban J connectivity index is 1.93. The van der Waals surface area contributed by atoms with Crippen LogP contribution >= 0.6 is 11.6 Å². The third kappa shape index (κ3) is 3.65. The van der Waals surface area contributed by atoms with Crippen molar-refractivity contribution >= 4 is 23.2 Å². The van der Waals surface area contributed by atoms with Crippen LogP contribution in [0.4, 0.5) is 5.69 Å². The monoisotopic (exact) mass is 371 g/mol. The first kappa shape index (κ1) is 17.8. The smallest absolute Gasteiger partial charge is 0.256 e. The molecule has 7 heteroatoms. The van der Waals surface area contributed by atoms with E-state index < -0.39 is 0 Å². The van der Waals surface area contributed by atoms with Crippen LogP contribution < -0.4 is 14.8 Å². The topological polar surface area (TPSA) is 76.2 Å². The number of carbonyl (C=O) groups is 1. The lowest BCUT2D eigenvalue weighted by Crippen LogP contribution is -2.13. The molecule has 1 heterocycles. The Morgan fingerprint density at radius 1 is 1.08 bits per heavy atom. The zero-order chi connectivity index (χ0) is 18.7. The van der Waals surface area contributed by atoms with Gasteiger partial charge in [0.25, 0.3) is 5.91 Å². The maximum Gasteiger partial charge on any atom is 0.256 e. The lowest BCUT2D eigenvalue weighted by molar-refractivity contribution is 0.102. The van der Waals surface area contributed by atoms with Crippen molar-refractivity contribution in [2.24, 2.45) is 0 Å². The van der Waals surface area contributed by atoms with E-state index in [9.17, 15) is 4.79 Å². The predicted molar refractivity (Wildman–Crippen MR) is 101 cm³/mol. The SMILES string of the molecule is COc1cc(OC)cc(C(=O)Nc2c(-c3ccc(Cl)cc3)n[nH]c2C)c1. The first-order valence-corrected chi connectivity index (χ1v) is 8.25. The highest BCUT2D eigenvalue weighted by Gasteiger charge is 2.17. The van der Waals surface area contributed by atoms with Crippen molar-refractivity contribution in [2.75, 3.05) is 19.5 Å². The molecule has 0 bridgehead atoms. The van der Waals surface area contributed by atoms with Crippen LogP contribution in [0.2, 0.25) is 5.02 Å². The van der Waals surface area contributed by atoms with Crippen LogP contribution in [0.5, 0.6) is 11.5 Å². The van der Waals surface area contributed by atoms with E-state index in [-0.39, 0.29) is 5.91 Å². The number of hydrogen-bond acceptors (Lipinski definition) is 4. The number of anilines is 1. The van der Waals surface area contributed by atoms with Gasteiger partial charge in [-0.2, -0.15) is 5.10 Å². The second-order valence-corrected chi connectivity index (χ2v) is 6.07. The fraction of sp³-hybridized carbons (Fsp3) is 0.158. The number of H-pyrrole nitrogens is 1. The highest BCUT2D eigenvalue weighted by atomic mass is 35.5. The number of benzene rings is 2. The lowest BCUT2D eigenvalue weighted by atomic mass is 10.1. The number of halogens is 1. The molecule has 26 heavy (non-hydrogen) atoms. The number of aromatic nitrogens is 2. The molecule has 134 valence electrons. The number of nitrogens with one attached hydrogen (secondary N) is 2. The van der Waals surface area contributed by atoms with Crippen LogP contribution in [0.1, 0.15) is 16.1 Å². The molecule has 0 aliphatic carbocycles. The minimum atomic E-state index is -0.290. The van der Waals surface area contributed by atoms with Crippen LogP contribution in [-0.4, -0.2) is 30.3 Å². The molecule has 1 aromatic heterocycles. The zero-order valence-electron chi connectivity index (χ0n) is 14.6. The van der Waals surface area contributed by atoms with Crippen molar-refractivity contribution in [3.05, 3.63) is 58.7 Å². The molecule has 1 amide bonds. The van der Waals surface area contributed by atoms with Gasteiger partial charge in [0.1, 0.15) is 17.2 Å². The maximum atomic E-state index is 12.8. The summed E-state index contributed by atoms with van der Waals surface area (Å²) in [7, 11) is 3.07. The average molecular weight is 372 g/mol. The molecule has 0 saturated carbocycles. The Labute approximate surface area is 156 Å². The van der Waals surface area contributed by atoms with Crippen molar-refractivity contribution in [1.82, 2.24) is 10.2 Å². The number of carbonyl (C=O) groups excluding carboxylic acids is 1. The second-order valence-electron chi connectivity index (χ2n) is 5.63. The molecular weight excluding hydrogens is 354 g/mol. The number of methoxy groups -OCH3 is 2. The average Bonchev–Trinajstić information content (AvgIpc) is 3.02. The van der Waals surface area contributed by atoms with E-state index >= 15 is 0 Å². The minimum absolute atomic E-state index is 0.290. The predicted octanol–water partition coefficient (Wildman–Crippen LogP) is 4.31. The van der Waals surface area contributed by atoms with Gasteiger partial charge in [-0.05, 0) is 31.2 Å². The number of amides is 1. The van der Waals surface area contributed by atoms with E-state index in [1.165, 1.54) is 14.2 Å². The maximum absolute atomic E-state index is 12.8. The van der Waals surface area contributed by atoms with Crippen molar-refractivity contribution in [1.29, 1.82) is 0 Å². The zero-order valence-corrected chi connectivity index (χ0v) is 15.3. The van der Waals surface area contributed by atoms with Gasteiger partial charge in [0.2, 0.25) is 0 Å². The summed E-state index contributed by atoms with van der Waals surface area (Å²) in [5.74, 6) is 0.787. The molecule has 3 rings (SSSR count). The van der Waals surface area contributed by atoms with Crippen LogP contribution in [0.15, 0.2) is 42.5 Å². The number of aromatic amines is 1. The normalized spacial score (nSPS) is 10.5. The minimum Gasteiger partial charge on any atom is -0.497 e. The van der Waals surface area contributed by atoms with E-state index in [0.29, 0.717) is 33.5 Å². The Bertz CT molecular complexity index is 913. The summed E-state index contributed by atoms with van der Waals surface area (Å²) in [6, 6.07) is 12.3. The molecule has 0 saturated heterocycles. The van der Waals surface area contributed by atoms with E-state index in [2.05, 4.69) is 15.5 Å². The Hall–Kier alpha value is -2.99. The highest BCUT2D eigenvalue weighted by molar-refractivity contribution is 6.30. The van der Waals surface area contributed by atoms with E-state index in [0.717, 1.165) is 11.3 Å². The second kappa shape index (κ2) is 7.49. The van der Waals surface area contributed by atoms with Gasteiger partial charge in [0.15, 0.2) is 0 Å². The third-order valence-electron chi connectivity index (χ3n) is 3.92. The van der Waals surface area contributed by atoms with Crippen molar-refractivity contribution < 1.29 is 14.3 Å². The van der Waals surface area contributed by atoms with Crippen LogP contribution in [-0.2, 0) is 0 Å². The Morgan fingerprint density at radius 2 is 1.69 bits per heavy atom. The fourth-order valence-corrected chi connectivity index (χ4v) is 2.65. The molecule has 2 N–H and O–H groups in total. The van der Waals surface area contributed by atoms with Gasteiger partial charge in [-0.1, -0.05) is 23.7 Å². The number of rotatable bonds is 5. The molecule has 0 unspecified atom stereocenters. The summed E-state index contributed by atoms with van der Waals surface area (Å²) < 4.78 is 10.4. The standard InChI is InChI=1S/C19H18ClN3O3/c1-11-17(18(23-22-11)12-4-6-14(20)7-5-12)21-19(24)13-8-15(25-2)10-16(9-13)26-3/h4-10H,1-3H3,(H,21,24)(H,22,23). The van der Waals surface area contributed by atoms with E-state index in [1.54, 1.807) is 30.3 Å². The molecule has 0 aliphatic heterocycles. The highest BCUT2D eigenvalue weighted by Crippen LogP contribution is 2.30. The Kier molecular flexibility index (Phi) is 5.14. The summed E-state index contributed by atoms with van der Waals surface area (Å²) in [5.41, 5.74) is 3.26. The summed E-state index contributed by atoms with van der Waals surface area (Å²) >= 11 is 5.94. The first-order valence-electron chi connectivity index (χ1n) is 7.87. The summed E-state index contributed by atoms with van der Waals surface area (Å²) in [5, 5.41) is 10.8. The molecular formula is C19H18ClN3O3. The summed E-state index contributed by atoms with van der Waals surface area (Å²) in [6.45, 7) is 1.84. The molecule has 2 aromatic carbocycles. The Morgan fingerprint density at radius 3 is 2.27 bits per heavy atom. The van der Waals surface area contributed by atoms with Crippen molar-refractivity contribution in [3.8, 4) is 22.8 Å². The molecule has 0 fully saturated rings. The largest absolute Gasteiger partial charge is 0.497 e. The quantitative estimate of drug-likeness (QED) is 0.700. The molecule has 0 aliphatic rings. The molecule has 0 atom stereocenters.